The summed E-state index contributed by atoms with van der Waals surface area (Å²) in [6, 6.07) is 0. The van der Waals surface area contributed by atoms with Gasteiger partial charge < -0.3 is 15.5 Å². The Bertz CT molecular complexity index is 503. The Morgan fingerprint density at radius 1 is 1.41 bits per heavy atom. The Labute approximate surface area is 101 Å². The number of rotatable bonds is 4. The van der Waals surface area contributed by atoms with Crippen LogP contribution in [0.5, 0.6) is 0 Å². The minimum atomic E-state index is 0.496. The molecule has 5 heteroatoms. The van der Waals surface area contributed by atoms with Crippen LogP contribution in [-0.4, -0.2) is 20.9 Å². The van der Waals surface area contributed by atoms with Crippen LogP contribution in [0.3, 0.4) is 0 Å². The second kappa shape index (κ2) is 4.61. The molecule has 2 aromatic heterocycles. The monoisotopic (exact) mass is 233 g/mol. The minimum Gasteiger partial charge on any atom is -0.382 e. The van der Waals surface area contributed by atoms with Crippen molar-refractivity contribution in [3.05, 3.63) is 18.6 Å². The molecular weight excluding hydrogens is 214 g/mol. The highest BCUT2D eigenvalue weighted by molar-refractivity contribution is 5.64. The number of nitrogens with zero attached hydrogens (tertiary/aromatic N) is 3. The Kier molecular flexibility index (Phi) is 3.17. The fourth-order valence-corrected chi connectivity index (χ4v) is 1.56. The number of hydrogen-bond acceptors (Lipinski definition) is 4. The van der Waals surface area contributed by atoms with Gasteiger partial charge in [0, 0.05) is 18.9 Å². The molecule has 2 heterocycles. The minimum absolute atomic E-state index is 0.496. The van der Waals surface area contributed by atoms with E-state index in [1.807, 2.05) is 10.6 Å². The zero-order valence-corrected chi connectivity index (χ0v) is 10.5. The highest BCUT2D eigenvalue weighted by atomic mass is 15.1. The van der Waals surface area contributed by atoms with Crippen LogP contribution >= 0.6 is 0 Å². The van der Waals surface area contributed by atoms with E-state index >= 15 is 0 Å². The van der Waals surface area contributed by atoms with Crippen molar-refractivity contribution in [3.63, 3.8) is 0 Å². The van der Waals surface area contributed by atoms with Crippen LogP contribution in [0.25, 0.3) is 5.65 Å². The van der Waals surface area contributed by atoms with E-state index in [1.165, 1.54) is 0 Å². The summed E-state index contributed by atoms with van der Waals surface area (Å²) < 4.78 is 1.88. The van der Waals surface area contributed by atoms with E-state index in [1.54, 1.807) is 12.4 Å². The molecule has 0 spiro atoms. The third-order valence-electron chi connectivity index (χ3n) is 3.12. The normalized spacial score (nSPS) is 13.2. The summed E-state index contributed by atoms with van der Waals surface area (Å²) in [6.07, 6.45) is 5.37. The third-order valence-corrected chi connectivity index (χ3v) is 3.12. The second-order valence-electron chi connectivity index (χ2n) is 4.77. The topological polar surface area (TPSA) is 68.2 Å². The first kappa shape index (κ1) is 11.7. The van der Waals surface area contributed by atoms with Crippen LogP contribution in [0, 0.1) is 11.8 Å². The Morgan fingerprint density at radius 2 is 2.18 bits per heavy atom. The molecule has 0 aliphatic rings. The summed E-state index contributed by atoms with van der Waals surface area (Å²) >= 11 is 0. The van der Waals surface area contributed by atoms with E-state index in [0.29, 0.717) is 17.7 Å². The van der Waals surface area contributed by atoms with Gasteiger partial charge in [0.25, 0.3) is 0 Å². The molecule has 0 aromatic carbocycles. The lowest BCUT2D eigenvalue weighted by Crippen LogP contribution is -2.17. The van der Waals surface area contributed by atoms with Gasteiger partial charge >= 0.3 is 0 Å². The molecular formula is C12H19N5. The Morgan fingerprint density at radius 3 is 2.88 bits per heavy atom. The summed E-state index contributed by atoms with van der Waals surface area (Å²) in [4.78, 5) is 8.55. The maximum atomic E-state index is 5.75. The molecule has 5 nitrogen and oxygen atoms in total. The number of nitrogen functional groups attached to an aromatic ring is 1. The molecule has 0 aliphatic heterocycles. The smallest absolute Gasteiger partial charge is 0.180 e. The lowest BCUT2D eigenvalue weighted by Gasteiger charge is -2.16. The van der Waals surface area contributed by atoms with Crippen LogP contribution in [0.2, 0.25) is 0 Å². The van der Waals surface area contributed by atoms with Gasteiger partial charge in [-0.2, -0.15) is 0 Å². The van der Waals surface area contributed by atoms with Gasteiger partial charge in [-0.05, 0) is 11.8 Å². The van der Waals surface area contributed by atoms with Crippen molar-refractivity contribution in [2.45, 2.75) is 20.8 Å². The van der Waals surface area contributed by atoms with E-state index in [-0.39, 0.29) is 0 Å². The number of imidazole rings is 1. The molecule has 1 atom stereocenters. The van der Waals surface area contributed by atoms with Crippen LogP contribution < -0.4 is 11.1 Å². The first-order valence-electron chi connectivity index (χ1n) is 5.91. The molecule has 17 heavy (non-hydrogen) atoms. The SMILES string of the molecule is CC(C)C(C)CNc1nc(N)cn2ccnc12. The quantitative estimate of drug-likeness (QED) is 0.847. The number of hydrogen-bond donors (Lipinski definition) is 2. The van der Waals surface area contributed by atoms with Gasteiger partial charge in [-0.25, -0.2) is 9.97 Å². The summed E-state index contributed by atoms with van der Waals surface area (Å²) in [6.45, 7) is 7.51. The summed E-state index contributed by atoms with van der Waals surface area (Å²) in [5.41, 5.74) is 6.57. The molecule has 0 aliphatic carbocycles. The molecule has 2 aromatic rings. The molecule has 0 amide bonds. The van der Waals surface area contributed by atoms with E-state index in [4.69, 9.17) is 5.73 Å². The predicted octanol–water partition coefficient (Wildman–Crippen LogP) is 2.02. The number of fused-ring (bicyclic) bond motifs is 1. The van der Waals surface area contributed by atoms with Gasteiger partial charge in [0.2, 0.25) is 0 Å². The highest BCUT2D eigenvalue weighted by Crippen LogP contribution is 2.16. The van der Waals surface area contributed by atoms with Crippen molar-refractivity contribution in [2.75, 3.05) is 17.6 Å². The predicted molar refractivity (Wildman–Crippen MR) is 69.9 cm³/mol. The number of nitrogens with one attached hydrogen (secondary N) is 1. The van der Waals surface area contributed by atoms with Crippen molar-refractivity contribution in [1.29, 1.82) is 0 Å². The van der Waals surface area contributed by atoms with E-state index in [9.17, 15) is 0 Å². The van der Waals surface area contributed by atoms with Crippen LogP contribution in [-0.2, 0) is 0 Å². The molecule has 0 radical (unpaired) electrons. The van der Waals surface area contributed by atoms with Crippen LogP contribution in [0.15, 0.2) is 18.6 Å². The third kappa shape index (κ3) is 2.49. The van der Waals surface area contributed by atoms with Gasteiger partial charge in [0.15, 0.2) is 11.5 Å². The summed E-state index contributed by atoms with van der Waals surface area (Å²) in [7, 11) is 0. The Balaban J connectivity index is 2.20. The second-order valence-corrected chi connectivity index (χ2v) is 4.77. The van der Waals surface area contributed by atoms with E-state index in [2.05, 4.69) is 36.1 Å². The number of aromatic nitrogens is 3. The molecule has 0 bridgehead atoms. The molecule has 0 saturated carbocycles. The van der Waals surface area contributed by atoms with E-state index in [0.717, 1.165) is 18.0 Å². The fraction of sp³-hybridized carbons (Fsp3) is 0.500. The number of anilines is 2. The lowest BCUT2D eigenvalue weighted by atomic mass is 9.98. The van der Waals surface area contributed by atoms with Gasteiger partial charge in [-0.15, -0.1) is 0 Å². The van der Waals surface area contributed by atoms with Crippen molar-refractivity contribution in [1.82, 2.24) is 14.4 Å². The zero-order chi connectivity index (χ0) is 12.4. The van der Waals surface area contributed by atoms with E-state index < -0.39 is 0 Å². The summed E-state index contributed by atoms with van der Waals surface area (Å²) in [5.74, 6) is 2.46. The van der Waals surface area contributed by atoms with Gasteiger partial charge in [-0.1, -0.05) is 20.8 Å². The van der Waals surface area contributed by atoms with Crippen molar-refractivity contribution in [2.24, 2.45) is 11.8 Å². The molecule has 2 rings (SSSR count). The first-order valence-corrected chi connectivity index (χ1v) is 5.91. The Hall–Kier alpha value is -1.78. The van der Waals surface area contributed by atoms with Crippen LogP contribution in [0.4, 0.5) is 11.6 Å². The largest absolute Gasteiger partial charge is 0.382 e. The molecule has 3 N–H and O–H groups in total. The molecule has 0 fully saturated rings. The zero-order valence-electron chi connectivity index (χ0n) is 10.5. The standard InChI is InChI=1S/C12H19N5/c1-8(2)9(3)6-15-11-12-14-4-5-17(12)7-10(13)16-11/h4-5,7-9H,6,13H2,1-3H3,(H,15,16). The molecule has 1 unspecified atom stereocenters. The maximum absolute atomic E-state index is 5.75. The maximum Gasteiger partial charge on any atom is 0.180 e. The number of nitrogens with two attached hydrogens (primary N) is 1. The first-order chi connectivity index (χ1) is 8.08. The fourth-order valence-electron chi connectivity index (χ4n) is 1.56. The molecule has 92 valence electrons. The summed E-state index contributed by atoms with van der Waals surface area (Å²) in [5, 5.41) is 3.32. The molecule has 0 saturated heterocycles. The van der Waals surface area contributed by atoms with Gasteiger partial charge in [0.1, 0.15) is 5.82 Å². The van der Waals surface area contributed by atoms with Crippen molar-refractivity contribution < 1.29 is 0 Å². The van der Waals surface area contributed by atoms with Crippen molar-refractivity contribution >= 4 is 17.3 Å². The van der Waals surface area contributed by atoms with Crippen molar-refractivity contribution in [3.8, 4) is 0 Å². The lowest BCUT2D eigenvalue weighted by molar-refractivity contribution is 0.439. The average Bonchev–Trinajstić information content (AvgIpc) is 2.72. The average molecular weight is 233 g/mol. The van der Waals surface area contributed by atoms with Gasteiger partial charge in [0.05, 0.1) is 6.20 Å². The van der Waals surface area contributed by atoms with Crippen LogP contribution in [0.1, 0.15) is 20.8 Å². The van der Waals surface area contributed by atoms with Gasteiger partial charge in [-0.3, -0.25) is 0 Å². The highest BCUT2D eigenvalue weighted by Gasteiger charge is 2.10.